The minimum Gasteiger partial charge on any atom is -0.383 e. The predicted molar refractivity (Wildman–Crippen MR) is 74.5 cm³/mol. The molecule has 2 rings (SSSR count). The Morgan fingerprint density at radius 2 is 2.12 bits per heavy atom. The van der Waals surface area contributed by atoms with E-state index in [1.807, 2.05) is 0 Å². The fraction of sp³-hybridized carbons (Fsp3) is 0.600. The van der Waals surface area contributed by atoms with Gasteiger partial charge in [-0.15, -0.1) is 0 Å². The molecule has 1 atom stereocenters. The standard InChI is InChI=1S/C15H24N2/c1-12(2)8-9-17(3)14-10-13-6-4-5-7-15(13)16-11-14/h4-7,12,14,16H,8-11H2,1-3H3. The van der Waals surface area contributed by atoms with Gasteiger partial charge in [0.2, 0.25) is 0 Å². The normalized spacial score (nSPS) is 19.2. The van der Waals surface area contributed by atoms with Gasteiger partial charge in [-0.3, -0.25) is 0 Å². The molecule has 2 heteroatoms. The van der Waals surface area contributed by atoms with E-state index in [9.17, 15) is 0 Å². The van der Waals surface area contributed by atoms with Gasteiger partial charge in [0.25, 0.3) is 0 Å². The number of nitrogens with zero attached hydrogens (tertiary/aromatic N) is 1. The summed E-state index contributed by atoms with van der Waals surface area (Å²) in [7, 11) is 2.25. The predicted octanol–water partition coefficient (Wildman–Crippen LogP) is 3.00. The van der Waals surface area contributed by atoms with Crippen LogP contribution in [0.1, 0.15) is 25.8 Å². The minimum atomic E-state index is 0.642. The molecule has 1 heterocycles. The summed E-state index contributed by atoms with van der Waals surface area (Å²) in [6.45, 7) is 6.86. The monoisotopic (exact) mass is 232 g/mol. The number of para-hydroxylation sites is 1. The molecule has 0 saturated heterocycles. The fourth-order valence-corrected chi connectivity index (χ4v) is 2.38. The molecule has 0 radical (unpaired) electrons. The van der Waals surface area contributed by atoms with E-state index >= 15 is 0 Å². The van der Waals surface area contributed by atoms with Crippen molar-refractivity contribution < 1.29 is 0 Å². The number of hydrogen-bond donors (Lipinski definition) is 1. The van der Waals surface area contributed by atoms with Gasteiger partial charge in [0.05, 0.1) is 0 Å². The summed E-state index contributed by atoms with van der Waals surface area (Å²) < 4.78 is 0. The number of nitrogens with one attached hydrogen (secondary N) is 1. The highest BCUT2D eigenvalue weighted by molar-refractivity contribution is 5.53. The molecular weight excluding hydrogens is 208 g/mol. The molecule has 1 N–H and O–H groups in total. The summed E-state index contributed by atoms with van der Waals surface area (Å²) in [5.74, 6) is 0.793. The zero-order valence-corrected chi connectivity index (χ0v) is 11.2. The van der Waals surface area contributed by atoms with Gasteiger partial charge < -0.3 is 10.2 Å². The Kier molecular flexibility index (Phi) is 4.06. The van der Waals surface area contributed by atoms with Crippen molar-refractivity contribution in [2.24, 2.45) is 5.92 Å². The quantitative estimate of drug-likeness (QED) is 0.858. The van der Waals surface area contributed by atoms with Crippen LogP contribution >= 0.6 is 0 Å². The van der Waals surface area contributed by atoms with Gasteiger partial charge in [-0.05, 0) is 44.0 Å². The number of benzene rings is 1. The molecule has 0 bridgehead atoms. The molecule has 0 aliphatic carbocycles. The first kappa shape index (κ1) is 12.4. The van der Waals surface area contributed by atoms with E-state index in [0.29, 0.717) is 6.04 Å². The van der Waals surface area contributed by atoms with Crippen molar-refractivity contribution in [3.05, 3.63) is 29.8 Å². The van der Waals surface area contributed by atoms with Crippen LogP contribution in [0.3, 0.4) is 0 Å². The van der Waals surface area contributed by atoms with Crippen LogP contribution in [0.25, 0.3) is 0 Å². The lowest BCUT2D eigenvalue weighted by molar-refractivity contribution is 0.233. The molecule has 1 aliphatic rings. The zero-order chi connectivity index (χ0) is 12.3. The van der Waals surface area contributed by atoms with Crippen molar-refractivity contribution in [2.75, 3.05) is 25.5 Å². The second-order valence-corrected chi connectivity index (χ2v) is 5.56. The molecule has 0 aromatic heterocycles. The van der Waals surface area contributed by atoms with Crippen molar-refractivity contribution in [3.8, 4) is 0 Å². The number of rotatable bonds is 4. The van der Waals surface area contributed by atoms with E-state index in [-0.39, 0.29) is 0 Å². The van der Waals surface area contributed by atoms with Gasteiger partial charge in [-0.1, -0.05) is 32.0 Å². The summed E-state index contributed by atoms with van der Waals surface area (Å²) in [6, 6.07) is 9.31. The lowest BCUT2D eigenvalue weighted by Gasteiger charge is -2.33. The van der Waals surface area contributed by atoms with Gasteiger partial charge in [0, 0.05) is 18.3 Å². The maximum absolute atomic E-state index is 3.54. The lowest BCUT2D eigenvalue weighted by atomic mass is 9.98. The van der Waals surface area contributed by atoms with Gasteiger partial charge in [0.15, 0.2) is 0 Å². The number of hydrogen-bond acceptors (Lipinski definition) is 2. The molecule has 2 nitrogen and oxygen atoms in total. The van der Waals surface area contributed by atoms with Crippen molar-refractivity contribution in [2.45, 2.75) is 32.7 Å². The topological polar surface area (TPSA) is 15.3 Å². The summed E-state index contributed by atoms with van der Waals surface area (Å²) >= 11 is 0. The largest absolute Gasteiger partial charge is 0.383 e. The molecule has 0 fully saturated rings. The average molecular weight is 232 g/mol. The SMILES string of the molecule is CC(C)CCN(C)C1CNc2ccccc2C1. The Morgan fingerprint density at radius 3 is 2.88 bits per heavy atom. The van der Waals surface area contributed by atoms with E-state index < -0.39 is 0 Å². The molecule has 1 aromatic carbocycles. The number of fused-ring (bicyclic) bond motifs is 1. The molecule has 1 unspecified atom stereocenters. The van der Waals surface area contributed by atoms with Crippen molar-refractivity contribution in [3.63, 3.8) is 0 Å². The van der Waals surface area contributed by atoms with Crippen LogP contribution in [0, 0.1) is 5.92 Å². The van der Waals surface area contributed by atoms with Crippen LogP contribution in [0.5, 0.6) is 0 Å². The smallest absolute Gasteiger partial charge is 0.0373 e. The van der Waals surface area contributed by atoms with Gasteiger partial charge in [-0.2, -0.15) is 0 Å². The van der Waals surface area contributed by atoms with Gasteiger partial charge in [0.1, 0.15) is 0 Å². The summed E-state index contributed by atoms with van der Waals surface area (Å²) in [5.41, 5.74) is 2.78. The molecule has 1 aromatic rings. The van der Waals surface area contributed by atoms with Crippen molar-refractivity contribution in [1.29, 1.82) is 0 Å². The van der Waals surface area contributed by atoms with Crippen molar-refractivity contribution in [1.82, 2.24) is 4.90 Å². The van der Waals surface area contributed by atoms with Crippen molar-refractivity contribution >= 4 is 5.69 Å². The van der Waals surface area contributed by atoms with Gasteiger partial charge in [-0.25, -0.2) is 0 Å². The first-order valence-electron chi connectivity index (χ1n) is 6.69. The van der Waals surface area contributed by atoms with E-state index in [1.165, 1.54) is 30.6 Å². The van der Waals surface area contributed by atoms with E-state index in [0.717, 1.165) is 12.5 Å². The van der Waals surface area contributed by atoms with E-state index in [2.05, 4.69) is 55.4 Å². The maximum Gasteiger partial charge on any atom is 0.0373 e. The molecule has 0 amide bonds. The van der Waals surface area contributed by atoms with Crippen LogP contribution in [0.4, 0.5) is 5.69 Å². The molecule has 94 valence electrons. The second kappa shape index (κ2) is 5.54. The molecule has 0 spiro atoms. The second-order valence-electron chi connectivity index (χ2n) is 5.56. The third-order valence-corrected chi connectivity index (χ3v) is 3.68. The van der Waals surface area contributed by atoms with Crippen LogP contribution in [-0.2, 0) is 6.42 Å². The third-order valence-electron chi connectivity index (χ3n) is 3.68. The molecule has 1 aliphatic heterocycles. The Hall–Kier alpha value is -1.02. The number of anilines is 1. The Labute approximate surface area is 105 Å². The van der Waals surface area contributed by atoms with E-state index in [1.54, 1.807) is 0 Å². The van der Waals surface area contributed by atoms with E-state index in [4.69, 9.17) is 0 Å². The Bertz CT molecular complexity index is 360. The highest BCUT2D eigenvalue weighted by Gasteiger charge is 2.21. The fourth-order valence-electron chi connectivity index (χ4n) is 2.38. The Morgan fingerprint density at radius 1 is 1.35 bits per heavy atom. The third kappa shape index (κ3) is 3.22. The first-order chi connectivity index (χ1) is 8.16. The highest BCUT2D eigenvalue weighted by atomic mass is 15.2. The molecule has 0 saturated carbocycles. The van der Waals surface area contributed by atoms with Crippen LogP contribution < -0.4 is 5.32 Å². The average Bonchev–Trinajstić information content (AvgIpc) is 2.35. The first-order valence-corrected chi connectivity index (χ1v) is 6.69. The minimum absolute atomic E-state index is 0.642. The van der Waals surface area contributed by atoms with Gasteiger partial charge >= 0.3 is 0 Å². The van der Waals surface area contributed by atoms with Crippen LogP contribution in [-0.4, -0.2) is 31.1 Å². The maximum atomic E-state index is 3.54. The number of likely N-dealkylation sites (N-methyl/N-ethyl adjacent to an activating group) is 1. The highest BCUT2D eigenvalue weighted by Crippen LogP contribution is 2.23. The summed E-state index contributed by atoms with van der Waals surface area (Å²) in [6.07, 6.45) is 2.46. The molecular formula is C15H24N2. The Balaban J connectivity index is 1.93. The zero-order valence-electron chi connectivity index (χ0n) is 11.2. The lowest BCUT2D eigenvalue weighted by Crippen LogP contribution is -2.42. The van der Waals surface area contributed by atoms with Crippen LogP contribution in [0.2, 0.25) is 0 Å². The summed E-state index contributed by atoms with van der Waals surface area (Å²) in [4.78, 5) is 2.50. The molecule has 17 heavy (non-hydrogen) atoms. The van der Waals surface area contributed by atoms with Crippen LogP contribution in [0.15, 0.2) is 24.3 Å². The summed E-state index contributed by atoms with van der Waals surface area (Å²) in [5, 5.41) is 3.54.